The molecule has 0 aromatic carbocycles. The minimum absolute atomic E-state index is 0.299. The summed E-state index contributed by atoms with van der Waals surface area (Å²) in [6.45, 7) is 14.3. The normalized spacial score (nSPS) is 19.8. The maximum Gasteiger partial charge on any atom is 0.232 e. The van der Waals surface area contributed by atoms with Crippen LogP contribution >= 0.6 is 0 Å². The van der Waals surface area contributed by atoms with Crippen molar-refractivity contribution in [3.05, 3.63) is 0 Å². The molecule has 1 aromatic rings. The van der Waals surface area contributed by atoms with E-state index in [1.807, 2.05) is 0 Å². The first-order valence-electron chi connectivity index (χ1n) is 7.84. The minimum atomic E-state index is 0.299. The van der Waals surface area contributed by atoms with Crippen molar-refractivity contribution in [2.75, 3.05) is 54.8 Å². The van der Waals surface area contributed by atoms with Crippen LogP contribution < -0.4 is 15.5 Å². The number of piperazine rings is 1. The molecule has 1 atom stereocenters. The SMILES string of the molecule is CCN(CC)c1nc(N)nc(N2CCN(CC)C(C)C2)n1. The van der Waals surface area contributed by atoms with Crippen LogP contribution in [0.3, 0.4) is 0 Å². The Balaban J connectivity index is 2.20. The van der Waals surface area contributed by atoms with Crippen LogP contribution in [0.15, 0.2) is 0 Å². The third-order valence-corrected chi connectivity index (χ3v) is 4.13. The largest absolute Gasteiger partial charge is 0.368 e. The first-order valence-corrected chi connectivity index (χ1v) is 7.84. The minimum Gasteiger partial charge on any atom is -0.368 e. The lowest BCUT2D eigenvalue weighted by molar-refractivity contribution is 0.198. The zero-order chi connectivity index (χ0) is 15.4. The fourth-order valence-electron chi connectivity index (χ4n) is 2.81. The molecule has 118 valence electrons. The topological polar surface area (TPSA) is 74.4 Å². The standard InChI is InChI=1S/C14H27N7/c1-5-19(6-2)13-16-12(15)17-14(18-13)21-9-8-20(7-3)11(4)10-21/h11H,5-10H2,1-4H3,(H2,15,16,17,18). The van der Waals surface area contributed by atoms with Gasteiger partial charge in [-0.15, -0.1) is 0 Å². The van der Waals surface area contributed by atoms with Crippen LogP contribution in [0.25, 0.3) is 0 Å². The molecule has 1 aliphatic rings. The lowest BCUT2D eigenvalue weighted by Gasteiger charge is -2.39. The highest BCUT2D eigenvalue weighted by Gasteiger charge is 2.25. The van der Waals surface area contributed by atoms with Gasteiger partial charge in [-0.25, -0.2) is 0 Å². The maximum absolute atomic E-state index is 5.88. The number of nitrogens with zero attached hydrogens (tertiary/aromatic N) is 6. The summed E-state index contributed by atoms with van der Waals surface area (Å²) >= 11 is 0. The number of hydrogen-bond acceptors (Lipinski definition) is 7. The Hall–Kier alpha value is -1.63. The van der Waals surface area contributed by atoms with Gasteiger partial charge in [0.15, 0.2) is 0 Å². The molecule has 7 heteroatoms. The van der Waals surface area contributed by atoms with Crippen molar-refractivity contribution in [2.24, 2.45) is 0 Å². The number of likely N-dealkylation sites (N-methyl/N-ethyl adjacent to an activating group) is 1. The van der Waals surface area contributed by atoms with Crippen LogP contribution in [0.1, 0.15) is 27.7 Å². The average Bonchev–Trinajstić information content (AvgIpc) is 2.48. The van der Waals surface area contributed by atoms with Crippen molar-refractivity contribution in [1.29, 1.82) is 0 Å². The molecule has 1 aromatic heterocycles. The van der Waals surface area contributed by atoms with Crippen LogP contribution in [0.4, 0.5) is 17.8 Å². The highest BCUT2D eigenvalue weighted by molar-refractivity contribution is 5.43. The summed E-state index contributed by atoms with van der Waals surface area (Å²) < 4.78 is 0. The van der Waals surface area contributed by atoms with Crippen LogP contribution in [0.5, 0.6) is 0 Å². The predicted octanol–water partition coefficient (Wildman–Crippen LogP) is 0.830. The second-order valence-electron chi connectivity index (χ2n) is 5.39. The van der Waals surface area contributed by atoms with Gasteiger partial charge in [0.05, 0.1) is 0 Å². The molecule has 2 rings (SSSR count). The molecule has 21 heavy (non-hydrogen) atoms. The Morgan fingerprint density at radius 2 is 1.86 bits per heavy atom. The maximum atomic E-state index is 5.88. The fraction of sp³-hybridized carbons (Fsp3) is 0.786. The molecular formula is C14H27N7. The number of aromatic nitrogens is 3. The Morgan fingerprint density at radius 1 is 1.14 bits per heavy atom. The highest BCUT2D eigenvalue weighted by Crippen LogP contribution is 2.18. The Labute approximate surface area is 127 Å². The highest BCUT2D eigenvalue weighted by atomic mass is 15.4. The van der Waals surface area contributed by atoms with E-state index in [1.54, 1.807) is 0 Å². The van der Waals surface area contributed by atoms with E-state index in [1.165, 1.54) is 0 Å². The second kappa shape index (κ2) is 6.89. The van der Waals surface area contributed by atoms with Crippen molar-refractivity contribution < 1.29 is 0 Å². The summed E-state index contributed by atoms with van der Waals surface area (Å²) in [4.78, 5) is 20.0. The van der Waals surface area contributed by atoms with Gasteiger partial charge in [-0.1, -0.05) is 6.92 Å². The fourth-order valence-corrected chi connectivity index (χ4v) is 2.81. The summed E-state index contributed by atoms with van der Waals surface area (Å²) in [5, 5.41) is 0. The first kappa shape index (κ1) is 15.8. The predicted molar refractivity (Wildman–Crippen MR) is 86.7 cm³/mol. The molecule has 0 saturated carbocycles. The van der Waals surface area contributed by atoms with E-state index in [4.69, 9.17) is 5.73 Å². The van der Waals surface area contributed by atoms with E-state index in [-0.39, 0.29) is 0 Å². The van der Waals surface area contributed by atoms with E-state index < -0.39 is 0 Å². The second-order valence-corrected chi connectivity index (χ2v) is 5.39. The number of hydrogen-bond donors (Lipinski definition) is 1. The van der Waals surface area contributed by atoms with Crippen molar-refractivity contribution in [3.8, 4) is 0 Å². The third-order valence-electron chi connectivity index (χ3n) is 4.13. The van der Waals surface area contributed by atoms with Gasteiger partial charge in [-0.2, -0.15) is 15.0 Å². The van der Waals surface area contributed by atoms with Crippen LogP contribution in [-0.4, -0.2) is 65.2 Å². The van der Waals surface area contributed by atoms with Crippen molar-refractivity contribution in [2.45, 2.75) is 33.7 Å². The van der Waals surface area contributed by atoms with Gasteiger partial charge in [-0.3, -0.25) is 4.90 Å². The average molecular weight is 293 g/mol. The Bertz CT molecular complexity index is 461. The Kier molecular flexibility index (Phi) is 5.17. The quantitative estimate of drug-likeness (QED) is 0.862. The van der Waals surface area contributed by atoms with Crippen molar-refractivity contribution >= 4 is 17.8 Å². The lowest BCUT2D eigenvalue weighted by atomic mass is 10.2. The number of nitrogen functional groups attached to an aromatic ring is 1. The van der Waals surface area contributed by atoms with E-state index in [0.717, 1.165) is 39.3 Å². The van der Waals surface area contributed by atoms with E-state index in [0.29, 0.717) is 23.9 Å². The van der Waals surface area contributed by atoms with Gasteiger partial charge in [-0.05, 0) is 27.3 Å². The number of nitrogens with two attached hydrogens (primary N) is 1. The molecular weight excluding hydrogens is 266 g/mol. The number of anilines is 3. The van der Waals surface area contributed by atoms with Gasteiger partial charge in [0, 0.05) is 38.8 Å². The molecule has 0 aliphatic carbocycles. The van der Waals surface area contributed by atoms with Crippen LogP contribution in [-0.2, 0) is 0 Å². The van der Waals surface area contributed by atoms with E-state index in [9.17, 15) is 0 Å². The first-order chi connectivity index (χ1) is 10.1. The van der Waals surface area contributed by atoms with Crippen LogP contribution in [0.2, 0.25) is 0 Å². The Morgan fingerprint density at radius 3 is 2.43 bits per heavy atom. The van der Waals surface area contributed by atoms with Gasteiger partial charge >= 0.3 is 0 Å². The molecule has 1 fully saturated rings. The van der Waals surface area contributed by atoms with E-state index >= 15 is 0 Å². The van der Waals surface area contributed by atoms with E-state index in [2.05, 4.69) is 57.3 Å². The molecule has 1 saturated heterocycles. The molecule has 0 radical (unpaired) electrons. The summed E-state index contributed by atoms with van der Waals surface area (Å²) in [6.07, 6.45) is 0. The molecule has 2 N–H and O–H groups in total. The van der Waals surface area contributed by atoms with Gasteiger partial charge in [0.1, 0.15) is 0 Å². The zero-order valence-electron chi connectivity index (χ0n) is 13.6. The zero-order valence-corrected chi connectivity index (χ0v) is 13.6. The third kappa shape index (κ3) is 3.53. The smallest absolute Gasteiger partial charge is 0.232 e. The summed E-state index contributed by atoms with van der Waals surface area (Å²) in [7, 11) is 0. The molecule has 2 heterocycles. The molecule has 0 amide bonds. The van der Waals surface area contributed by atoms with Gasteiger partial charge < -0.3 is 15.5 Å². The molecule has 7 nitrogen and oxygen atoms in total. The lowest BCUT2D eigenvalue weighted by Crippen LogP contribution is -2.52. The summed E-state index contributed by atoms with van der Waals surface area (Å²) in [6, 6.07) is 0.499. The molecule has 0 bridgehead atoms. The van der Waals surface area contributed by atoms with Crippen molar-refractivity contribution in [3.63, 3.8) is 0 Å². The van der Waals surface area contributed by atoms with Gasteiger partial charge in [0.25, 0.3) is 0 Å². The monoisotopic (exact) mass is 293 g/mol. The van der Waals surface area contributed by atoms with Crippen molar-refractivity contribution in [1.82, 2.24) is 19.9 Å². The summed E-state index contributed by atoms with van der Waals surface area (Å²) in [5.41, 5.74) is 5.88. The van der Waals surface area contributed by atoms with Crippen LogP contribution in [0, 0.1) is 0 Å². The molecule has 1 unspecified atom stereocenters. The van der Waals surface area contributed by atoms with Gasteiger partial charge in [0.2, 0.25) is 17.8 Å². The summed E-state index contributed by atoms with van der Waals surface area (Å²) in [5.74, 6) is 1.67. The molecule has 0 spiro atoms. The number of rotatable bonds is 5. The molecule has 1 aliphatic heterocycles.